The molecule has 0 aromatic heterocycles. The molecule has 16 heavy (non-hydrogen) atoms. The minimum Gasteiger partial charge on any atom is -0.316 e. The molecule has 0 fully saturated rings. The first kappa shape index (κ1) is 12.4. The summed E-state index contributed by atoms with van der Waals surface area (Å²) in [6.45, 7) is 0. The van der Waals surface area contributed by atoms with Crippen molar-refractivity contribution in [1.29, 1.82) is 0 Å². The van der Waals surface area contributed by atoms with Gasteiger partial charge in [-0.15, -0.1) is 0 Å². The Morgan fingerprint density at radius 1 is 1.38 bits per heavy atom. The quantitative estimate of drug-likeness (QED) is 0.488. The molecule has 8 heteroatoms. The van der Waals surface area contributed by atoms with E-state index in [0.717, 1.165) is 0 Å². The summed E-state index contributed by atoms with van der Waals surface area (Å²) in [6.07, 6.45) is -4.86. The van der Waals surface area contributed by atoms with Gasteiger partial charge < -0.3 is 5.73 Å². The van der Waals surface area contributed by atoms with E-state index in [2.05, 4.69) is 0 Å². The van der Waals surface area contributed by atoms with Crippen LogP contribution in [0.15, 0.2) is 18.2 Å². The van der Waals surface area contributed by atoms with E-state index in [-0.39, 0.29) is 0 Å². The number of nitro groups is 1. The zero-order valence-corrected chi connectivity index (χ0v) is 7.66. The Morgan fingerprint density at radius 3 is 2.38 bits per heavy atom. The first-order chi connectivity index (χ1) is 7.23. The Labute approximate surface area is 86.8 Å². The minimum absolute atomic E-state index is 0.413. The average molecular weight is 238 g/mol. The number of alkyl halides is 3. The van der Waals surface area contributed by atoms with Crippen LogP contribution in [-0.4, -0.2) is 11.1 Å². The fraction of sp³-hybridized carbons (Fsp3) is 0.250. The highest BCUT2D eigenvalue weighted by Crippen LogP contribution is 2.35. The van der Waals surface area contributed by atoms with Gasteiger partial charge in [-0.2, -0.15) is 13.2 Å². The van der Waals surface area contributed by atoms with Crippen molar-refractivity contribution >= 4 is 5.69 Å². The summed E-state index contributed by atoms with van der Waals surface area (Å²) in [5.41, 5.74) is 3.04. The molecule has 2 N–H and O–H groups in total. The van der Waals surface area contributed by atoms with E-state index in [1.807, 2.05) is 0 Å². The molecule has 0 saturated heterocycles. The molecule has 0 aliphatic heterocycles. The number of nitrogens with two attached hydrogens (primary N) is 1. The van der Waals surface area contributed by atoms with Crippen molar-refractivity contribution in [3.8, 4) is 0 Å². The van der Waals surface area contributed by atoms with Gasteiger partial charge >= 0.3 is 6.18 Å². The molecule has 0 aliphatic carbocycles. The van der Waals surface area contributed by atoms with Gasteiger partial charge in [-0.1, -0.05) is 0 Å². The molecule has 0 aliphatic rings. The van der Waals surface area contributed by atoms with Crippen molar-refractivity contribution in [3.05, 3.63) is 39.7 Å². The summed E-state index contributed by atoms with van der Waals surface area (Å²) >= 11 is 0. The van der Waals surface area contributed by atoms with Crippen LogP contribution in [-0.2, 0) is 0 Å². The van der Waals surface area contributed by atoms with Crippen LogP contribution in [0.2, 0.25) is 0 Å². The second kappa shape index (κ2) is 4.05. The van der Waals surface area contributed by atoms with Gasteiger partial charge in [0.15, 0.2) is 0 Å². The maximum Gasteiger partial charge on any atom is 0.407 e. The Kier molecular flexibility index (Phi) is 3.13. The van der Waals surface area contributed by atoms with E-state index in [9.17, 15) is 27.7 Å². The van der Waals surface area contributed by atoms with Gasteiger partial charge in [0.25, 0.3) is 5.69 Å². The zero-order chi connectivity index (χ0) is 12.5. The number of benzene rings is 1. The number of hydrogen-bond acceptors (Lipinski definition) is 3. The van der Waals surface area contributed by atoms with Crippen LogP contribution >= 0.6 is 0 Å². The molecule has 0 saturated carbocycles. The van der Waals surface area contributed by atoms with E-state index in [1.165, 1.54) is 0 Å². The van der Waals surface area contributed by atoms with Crippen LogP contribution in [0.25, 0.3) is 0 Å². The number of nitro benzene ring substituents is 1. The third kappa shape index (κ3) is 2.45. The van der Waals surface area contributed by atoms with Gasteiger partial charge in [-0.3, -0.25) is 10.1 Å². The van der Waals surface area contributed by atoms with E-state index in [0.29, 0.717) is 18.2 Å². The highest BCUT2D eigenvalue weighted by Gasteiger charge is 2.41. The Hall–Kier alpha value is -1.70. The van der Waals surface area contributed by atoms with Crippen molar-refractivity contribution in [1.82, 2.24) is 0 Å². The van der Waals surface area contributed by atoms with Crippen molar-refractivity contribution in [2.75, 3.05) is 0 Å². The van der Waals surface area contributed by atoms with E-state index in [4.69, 9.17) is 5.73 Å². The Bertz CT molecular complexity index is 419. The van der Waals surface area contributed by atoms with Gasteiger partial charge in [-0.25, -0.2) is 4.39 Å². The predicted molar refractivity (Wildman–Crippen MR) is 46.0 cm³/mol. The molecule has 1 aromatic carbocycles. The van der Waals surface area contributed by atoms with E-state index in [1.54, 1.807) is 0 Å². The number of rotatable bonds is 2. The molecule has 4 nitrogen and oxygen atoms in total. The summed E-state index contributed by atoms with van der Waals surface area (Å²) in [7, 11) is 0. The summed E-state index contributed by atoms with van der Waals surface area (Å²) in [5, 5.41) is 10.4. The zero-order valence-electron chi connectivity index (χ0n) is 7.66. The lowest BCUT2D eigenvalue weighted by Gasteiger charge is -2.15. The molecule has 0 heterocycles. The first-order valence-corrected chi connectivity index (χ1v) is 3.99. The van der Waals surface area contributed by atoms with Gasteiger partial charge in [0.2, 0.25) is 0 Å². The summed E-state index contributed by atoms with van der Waals surface area (Å²) < 4.78 is 49.4. The fourth-order valence-electron chi connectivity index (χ4n) is 1.12. The molecule has 0 amide bonds. The van der Waals surface area contributed by atoms with Crippen molar-refractivity contribution in [3.63, 3.8) is 0 Å². The molecule has 0 radical (unpaired) electrons. The van der Waals surface area contributed by atoms with Crippen LogP contribution in [0.4, 0.5) is 23.2 Å². The standard InChI is InChI=1S/C8H6F4N2O2/c9-4-1-2-6(14(15)16)5(3-4)7(13)8(10,11)12/h1-3,7H,13H2/t7-/m1/s1. The van der Waals surface area contributed by atoms with Gasteiger partial charge in [0, 0.05) is 6.07 Å². The molecule has 1 aromatic rings. The van der Waals surface area contributed by atoms with Crippen LogP contribution in [0.3, 0.4) is 0 Å². The van der Waals surface area contributed by atoms with Crippen LogP contribution < -0.4 is 5.73 Å². The van der Waals surface area contributed by atoms with Crippen molar-refractivity contribution in [2.45, 2.75) is 12.2 Å². The normalized spacial score (nSPS) is 13.6. The maximum absolute atomic E-state index is 12.7. The molecule has 0 bridgehead atoms. The number of nitrogens with zero attached hydrogens (tertiary/aromatic N) is 1. The lowest BCUT2D eigenvalue weighted by molar-refractivity contribution is -0.386. The van der Waals surface area contributed by atoms with Crippen LogP contribution in [0.1, 0.15) is 11.6 Å². The van der Waals surface area contributed by atoms with Crippen LogP contribution in [0.5, 0.6) is 0 Å². The Balaban J connectivity index is 3.30. The lowest BCUT2D eigenvalue weighted by atomic mass is 10.1. The smallest absolute Gasteiger partial charge is 0.316 e. The summed E-state index contributed by atoms with van der Waals surface area (Å²) in [5.74, 6) is -1.01. The van der Waals surface area contributed by atoms with E-state index < -0.39 is 34.2 Å². The summed E-state index contributed by atoms with van der Waals surface area (Å²) in [6, 6.07) is -0.819. The fourth-order valence-corrected chi connectivity index (χ4v) is 1.12. The monoisotopic (exact) mass is 238 g/mol. The van der Waals surface area contributed by atoms with Crippen molar-refractivity contribution in [2.24, 2.45) is 5.73 Å². The average Bonchev–Trinajstić information content (AvgIpc) is 2.14. The molecule has 88 valence electrons. The third-order valence-electron chi connectivity index (χ3n) is 1.87. The highest BCUT2D eigenvalue weighted by molar-refractivity contribution is 5.43. The molecular formula is C8H6F4N2O2. The largest absolute Gasteiger partial charge is 0.407 e. The van der Waals surface area contributed by atoms with Gasteiger partial charge in [-0.05, 0) is 12.1 Å². The molecule has 0 unspecified atom stereocenters. The van der Waals surface area contributed by atoms with Gasteiger partial charge in [0.1, 0.15) is 11.9 Å². The minimum atomic E-state index is -4.86. The van der Waals surface area contributed by atoms with Gasteiger partial charge in [0.05, 0.1) is 10.5 Å². The molecule has 1 rings (SSSR count). The second-order valence-corrected chi connectivity index (χ2v) is 2.98. The van der Waals surface area contributed by atoms with Crippen molar-refractivity contribution < 1.29 is 22.5 Å². The molecular weight excluding hydrogens is 232 g/mol. The van der Waals surface area contributed by atoms with Crippen LogP contribution in [0, 0.1) is 15.9 Å². The maximum atomic E-state index is 12.7. The van der Waals surface area contributed by atoms with E-state index >= 15 is 0 Å². The highest BCUT2D eigenvalue weighted by atomic mass is 19.4. The number of halogens is 4. The number of hydrogen-bond donors (Lipinski definition) is 1. The SMILES string of the molecule is N[C@H](c1cc(F)ccc1[N+](=O)[O-])C(F)(F)F. The predicted octanol–water partition coefficient (Wildman–Crippen LogP) is 2.30. The third-order valence-corrected chi connectivity index (χ3v) is 1.87. The lowest BCUT2D eigenvalue weighted by Crippen LogP contribution is -2.29. The Morgan fingerprint density at radius 2 is 1.94 bits per heavy atom. The first-order valence-electron chi connectivity index (χ1n) is 3.99. The molecule has 0 spiro atoms. The summed E-state index contributed by atoms with van der Waals surface area (Å²) in [4.78, 5) is 9.38. The topological polar surface area (TPSA) is 69.2 Å². The second-order valence-electron chi connectivity index (χ2n) is 2.98. The molecule has 1 atom stereocenters.